The molecule has 0 aliphatic carbocycles. The van der Waals surface area contributed by atoms with Gasteiger partial charge in [-0.3, -0.25) is 0 Å². The van der Waals surface area contributed by atoms with E-state index in [1.54, 1.807) is 13.3 Å². The first kappa shape index (κ1) is 20.7. The maximum Gasteiger partial charge on any atom is 0.152 e. The number of ether oxygens (including phenoxy) is 2. The van der Waals surface area contributed by atoms with Crippen LogP contribution in [0.3, 0.4) is 0 Å². The Morgan fingerprint density at radius 3 is 2.83 bits per heavy atom. The summed E-state index contributed by atoms with van der Waals surface area (Å²) in [4.78, 5) is 12.4. The highest BCUT2D eigenvalue weighted by atomic mass is 35.5. The quantitative estimate of drug-likeness (QED) is 0.755. The summed E-state index contributed by atoms with van der Waals surface area (Å²) < 4.78 is 11.1. The van der Waals surface area contributed by atoms with Crippen LogP contribution in [0.25, 0.3) is 0 Å². The van der Waals surface area contributed by atoms with Gasteiger partial charge in [0.2, 0.25) is 0 Å². The Labute approximate surface area is 180 Å². The summed E-state index contributed by atoms with van der Waals surface area (Å²) >= 11 is 7.81. The highest BCUT2D eigenvalue weighted by molar-refractivity contribution is 7.99. The van der Waals surface area contributed by atoms with Crippen molar-refractivity contribution in [3.05, 3.63) is 35.1 Å². The molecule has 1 N–H and O–H groups in total. The molecule has 2 fully saturated rings. The van der Waals surface area contributed by atoms with Crippen molar-refractivity contribution in [3.8, 4) is 5.75 Å². The van der Waals surface area contributed by atoms with Crippen molar-refractivity contribution in [1.29, 1.82) is 0 Å². The van der Waals surface area contributed by atoms with E-state index in [1.807, 2.05) is 18.2 Å². The fraction of sp³-hybridized carbons (Fsp3) is 0.524. The Bertz CT molecular complexity index is 874. The summed E-state index contributed by atoms with van der Waals surface area (Å²) in [5, 5.41) is 11.2. The van der Waals surface area contributed by atoms with Gasteiger partial charge in [-0.2, -0.15) is 0 Å². The molecule has 1 spiro atoms. The molecular weight excluding hydrogens is 410 g/mol. The summed E-state index contributed by atoms with van der Waals surface area (Å²) in [6, 6.07) is 5.62. The molecule has 0 radical (unpaired) electrons. The molecule has 0 amide bonds. The van der Waals surface area contributed by atoms with Gasteiger partial charge in [0.1, 0.15) is 16.5 Å². The van der Waals surface area contributed by atoms with Crippen LogP contribution in [0.5, 0.6) is 5.75 Å². The lowest BCUT2D eigenvalue weighted by atomic mass is 9.77. The molecule has 8 heteroatoms. The molecule has 1 aromatic carbocycles. The smallest absolute Gasteiger partial charge is 0.152 e. The largest absolute Gasteiger partial charge is 0.495 e. The van der Waals surface area contributed by atoms with Crippen LogP contribution in [0.4, 0.5) is 5.82 Å². The molecule has 156 valence electrons. The molecular formula is C21H26ClN3O3S. The second-order valence-corrected chi connectivity index (χ2v) is 9.26. The maximum absolute atomic E-state index is 9.91. The molecule has 1 aromatic heterocycles. The van der Waals surface area contributed by atoms with Gasteiger partial charge in [-0.1, -0.05) is 29.4 Å². The number of aromatic nitrogens is 2. The van der Waals surface area contributed by atoms with E-state index in [4.69, 9.17) is 21.1 Å². The molecule has 4 rings (SSSR count). The standard InChI is InChI=1S/C21H26ClN3O3S/c1-14-10-21(13-28-14)6-8-25(9-7-21)20-15(12-26)24-18(11-23-20)29-17-5-3-4-16(27-2)19(17)22/h3-5,11,14,26H,6-10,12-13H2,1-2H3/t14-/m0/s1. The summed E-state index contributed by atoms with van der Waals surface area (Å²) in [6.07, 6.45) is 5.41. The van der Waals surface area contributed by atoms with Crippen molar-refractivity contribution in [2.24, 2.45) is 5.41 Å². The lowest BCUT2D eigenvalue weighted by Gasteiger charge is -2.39. The number of anilines is 1. The fourth-order valence-electron chi connectivity index (χ4n) is 4.25. The lowest BCUT2D eigenvalue weighted by molar-refractivity contribution is 0.0975. The molecule has 0 bridgehead atoms. The highest BCUT2D eigenvalue weighted by Gasteiger charge is 2.41. The van der Waals surface area contributed by atoms with Gasteiger partial charge >= 0.3 is 0 Å². The molecule has 6 nitrogen and oxygen atoms in total. The van der Waals surface area contributed by atoms with Crippen LogP contribution in [0.2, 0.25) is 5.02 Å². The van der Waals surface area contributed by atoms with Gasteiger partial charge in [-0.15, -0.1) is 0 Å². The number of aliphatic hydroxyl groups excluding tert-OH is 1. The van der Waals surface area contributed by atoms with E-state index in [-0.39, 0.29) is 6.61 Å². The van der Waals surface area contributed by atoms with Gasteiger partial charge < -0.3 is 19.5 Å². The summed E-state index contributed by atoms with van der Waals surface area (Å²) in [5.74, 6) is 1.39. The van der Waals surface area contributed by atoms with Gasteiger partial charge in [0.25, 0.3) is 0 Å². The van der Waals surface area contributed by atoms with E-state index >= 15 is 0 Å². The third-order valence-corrected chi connectivity index (χ3v) is 7.30. The van der Waals surface area contributed by atoms with E-state index in [0.29, 0.717) is 33.0 Å². The highest BCUT2D eigenvalue weighted by Crippen LogP contribution is 2.43. The number of nitrogens with zero attached hydrogens (tertiary/aromatic N) is 3. The minimum Gasteiger partial charge on any atom is -0.495 e. The second kappa shape index (κ2) is 8.68. The average molecular weight is 436 g/mol. The van der Waals surface area contributed by atoms with Crippen LogP contribution < -0.4 is 9.64 Å². The van der Waals surface area contributed by atoms with E-state index in [0.717, 1.165) is 49.7 Å². The molecule has 0 saturated carbocycles. The molecule has 0 unspecified atom stereocenters. The third kappa shape index (κ3) is 4.33. The van der Waals surface area contributed by atoms with E-state index in [2.05, 4.69) is 21.8 Å². The number of hydrogen-bond acceptors (Lipinski definition) is 7. The van der Waals surface area contributed by atoms with Crippen LogP contribution in [0.1, 0.15) is 31.9 Å². The summed E-state index contributed by atoms with van der Waals surface area (Å²) in [5.41, 5.74) is 0.905. The zero-order chi connectivity index (χ0) is 20.4. The normalized spacial score (nSPS) is 21.0. The van der Waals surface area contributed by atoms with Crippen molar-refractivity contribution in [2.75, 3.05) is 31.7 Å². The Hall–Kier alpha value is -1.54. The van der Waals surface area contributed by atoms with Crippen LogP contribution in [-0.2, 0) is 11.3 Å². The predicted molar refractivity (Wildman–Crippen MR) is 114 cm³/mol. The fourth-order valence-corrected chi connectivity index (χ4v) is 5.39. The number of halogens is 1. The zero-order valence-corrected chi connectivity index (χ0v) is 18.3. The van der Waals surface area contributed by atoms with Crippen molar-refractivity contribution in [2.45, 2.75) is 48.8 Å². The molecule has 2 aliphatic rings. The van der Waals surface area contributed by atoms with Crippen molar-refractivity contribution in [1.82, 2.24) is 9.97 Å². The van der Waals surface area contributed by atoms with Crippen LogP contribution >= 0.6 is 23.4 Å². The van der Waals surface area contributed by atoms with Crippen molar-refractivity contribution < 1.29 is 14.6 Å². The molecule has 2 aromatic rings. The van der Waals surface area contributed by atoms with Gasteiger partial charge in [-0.05, 0) is 43.7 Å². The van der Waals surface area contributed by atoms with E-state index in [1.165, 1.54) is 11.8 Å². The average Bonchev–Trinajstić information content (AvgIpc) is 3.10. The first-order valence-corrected chi connectivity index (χ1v) is 11.1. The van der Waals surface area contributed by atoms with Crippen LogP contribution in [-0.4, -0.2) is 48.0 Å². The van der Waals surface area contributed by atoms with Crippen molar-refractivity contribution >= 4 is 29.2 Å². The number of benzene rings is 1. The molecule has 2 aliphatic heterocycles. The number of rotatable bonds is 5. The molecule has 3 heterocycles. The van der Waals surface area contributed by atoms with Crippen LogP contribution in [0, 0.1) is 5.41 Å². The van der Waals surface area contributed by atoms with Crippen molar-refractivity contribution in [3.63, 3.8) is 0 Å². The molecule has 2 saturated heterocycles. The SMILES string of the molecule is COc1cccc(Sc2cnc(N3CCC4(CC3)CO[C@@H](C)C4)c(CO)n2)c1Cl. The predicted octanol–water partition coefficient (Wildman–Crippen LogP) is 4.18. The Balaban J connectivity index is 1.49. The minimum absolute atomic E-state index is 0.148. The Morgan fingerprint density at radius 2 is 2.17 bits per heavy atom. The number of methoxy groups -OCH3 is 1. The third-order valence-electron chi connectivity index (χ3n) is 5.83. The minimum atomic E-state index is -0.148. The van der Waals surface area contributed by atoms with Gasteiger partial charge in [0, 0.05) is 18.0 Å². The number of hydrogen-bond donors (Lipinski definition) is 1. The van der Waals surface area contributed by atoms with E-state index in [9.17, 15) is 5.11 Å². The lowest BCUT2D eigenvalue weighted by Crippen LogP contribution is -2.41. The first-order chi connectivity index (χ1) is 14.0. The first-order valence-electron chi connectivity index (χ1n) is 9.87. The van der Waals surface area contributed by atoms with Gasteiger partial charge in [0.15, 0.2) is 5.82 Å². The second-order valence-electron chi connectivity index (χ2n) is 7.82. The number of piperidine rings is 1. The summed E-state index contributed by atoms with van der Waals surface area (Å²) in [6.45, 7) is 4.68. The number of aliphatic hydroxyl groups is 1. The Morgan fingerprint density at radius 1 is 1.38 bits per heavy atom. The maximum atomic E-state index is 9.91. The monoisotopic (exact) mass is 435 g/mol. The molecule has 29 heavy (non-hydrogen) atoms. The van der Waals surface area contributed by atoms with Gasteiger partial charge in [-0.25, -0.2) is 9.97 Å². The molecule has 1 atom stereocenters. The zero-order valence-electron chi connectivity index (χ0n) is 16.7. The van der Waals surface area contributed by atoms with E-state index < -0.39 is 0 Å². The summed E-state index contributed by atoms with van der Waals surface area (Å²) in [7, 11) is 1.59. The van der Waals surface area contributed by atoms with Crippen LogP contribution in [0.15, 0.2) is 34.3 Å². The Kier molecular flexibility index (Phi) is 6.20. The van der Waals surface area contributed by atoms with Gasteiger partial charge in [0.05, 0.1) is 37.6 Å². The topological polar surface area (TPSA) is 67.7 Å².